The lowest BCUT2D eigenvalue weighted by Crippen LogP contribution is -2.59. The van der Waals surface area contributed by atoms with Crippen molar-refractivity contribution >= 4 is 11.3 Å². The van der Waals surface area contributed by atoms with E-state index < -0.39 is 0 Å². The van der Waals surface area contributed by atoms with Crippen LogP contribution in [0.25, 0.3) is 33.3 Å². The second-order valence-electron chi connectivity index (χ2n) is 7.28. The number of nitrogens with one attached hydrogen (secondary N) is 1. The summed E-state index contributed by atoms with van der Waals surface area (Å²) in [6.07, 6.45) is 9.23. The minimum absolute atomic E-state index is 0.186. The summed E-state index contributed by atoms with van der Waals surface area (Å²) in [7, 11) is 0. The molecule has 1 N–H and O–H groups in total. The van der Waals surface area contributed by atoms with Crippen LogP contribution in [0.2, 0.25) is 0 Å². The first kappa shape index (κ1) is 14.4. The molecule has 2 bridgehead atoms. The highest BCUT2D eigenvalue weighted by Gasteiger charge is 2.59. The van der Waals surface area contributed by atoms with Gasteiger partial charge in [0.2, 0.25) is 5.82 Å². The number of aromatic amines is 1. The molecule has 3 aromatic heterocycles. The monoisotopic (exact) mass is 360 g/mol. The van der Waals surface area contributed by atoms with E-state index in [1.54, 1.807) is 17.5 Å². The number of H-pyrrole nitrogens is 1. The third-order valence-electron chi connectivity index (χ3n) is 5.66. The third-order valence-corrected chi connectivity index (χ3v) is 6.43. The van der Waals surface area contributed by atoms with Crippen molar-refractivity contribution in [2.24, 2.45) is 5.92 Å². The number of nitrogens with zero attached hydrogens (tertiary/aromatic N) is 5. The summed E-state index contributed by atoms with van der Waals surface area (Å²) in [5.41, 5.74) is 3.50. The van der Waals surface area contributed by atoms with Gasteiger partial charge in [0, 0.05) is 28.9 Å². The maximum absolute atomic E-state index is 4.87. The van der Waals surface area contributed by atoms with Crippen LogP contribution in [-0.2, 0) is 5.54 Å². The number of rotatable bonds is 4. The van der Waals surface area contributed by atoms with Gasteiger partial charge in [0.25, 0.3) is 0 Å². The molecule has 3 fully saturated rings. The number of thiazole rings is 1. The molecule has 7 heteroatoms. The maximum atomic E-state index is 4.87. The fourth-order valence-electron chi connectivity index (χ4n) is 4.17. The first-order valence-corrected chi connectivity index (χ1v) is 9.66. The summed E-state index contributed by atoms with van der Waals surface area (Å²) in [6.45, 7) is 0. The molecule has 3 saturated carbocycles. The minimum Gasteiger partial charge on any atom is -0.285 e. The first-order chi connectivity index (χ1) is 12.8. The Labute approximate surface area is 153 Å². The molecule has 1 aromatic carbocycles. The van der Waals surface area contributed by atoms with Gasteiger partial charge in [-0.05, 0) is 30.7 Å². The van der Waals surface area contributed by atoms with Gasteiger partial charge in [0.15, 0.2) is 10.8 Å². The SMILES string of the molecule is c1csc(-c2nc(-c3ccc(-c4cn[nH]c4)cc3)n(C34CC(C3)C4)n2)n1. The molecule has 0 amide bonds. The van der Waals surface area contributed by atoms with Gasteiger partial charge in [0.05, 0.1) is 11.7 Å². The highest BCUT2D eigenvalue weighted by molar-refractivity contribution is 7.13. The summed E-state index contributed by atoms with van der Waals surface area (Å²) in [5.74, 6) is 2.57. The lowest BCUT2D eigenvalue weighted by atomic mass is 9.50. The van der Waals surface area contributed by atoms with Crippen molar-refractivity contribution in [3.8, 4) is 33.3 Å². The van der Waals surface area contributed by atoms with E-state index >= 15 is 0 Å². The molecule has 3 heterocycles. The van der Waals surface area contributed by atoms with Gasteiger partial charge in [-0.25, -0.2) is 14.6 Å². The van der Waals surface area contributed by atoms with Crippen LogP contribution in [0.15, 0.2) is 48.2 Å². The molecule has 0 unspecified atom stereocenters. The van der Waals surface area contributed by atoms with Crippen LogP contribution in [0.1, 0.15) is 19.3 Å². The standard InChI is InChI=1S/C19H16N6S/c1-3-14(4-2-13(1)15-10-21-22-11-15)17-23-16(18-20-5-6-26-18)24-25(17)19-7-12(8-19)9-19/h1-6,10-12H,7-9H2,(H,21,22). The lowest BCUT2D eigenvalue weighted by Gasteiger charge is -2.61. The molecule has 0 radical (unpaired) electrons. The van der Waals surface area contributed by atoms with E-state index in [1.165, 1.54) is 19.3 Å². The number of benzene rings is 1. The molecule has 0 aliphatic heterocycles. The molecule has 0 spiro atoms. The highest BCUT2D eigenvalue weighted by atomic mass is 32.1. The summed E-state index contributed by atoms with van der Waals surface area (Å²) in [6, 6.07) is 8.48. The molecule has 26 heavy (non-hydrogen) atoms. The number of hydrogen-bond donors (Lipinski definition) is 1. The van der Waals surface area contributed by atoms with Gasteiger partial charge >= 0.3 is 0 Å². The van der Waals surface area contributed by atoms with Gasteiger partial charge < -0.3 is 0 Å². The summed E-state index contributed by atoms with van der Waals surface area (Å²) < 4.78 is 2.18. The van der Waals surface area contributed by atoms with Crippen molar-refractivity contribution in [3.63, 3.8) is 0 Å². The fraction of sp³-hybridized carbons (Fsp3) is 0.263. The van der Waals surface area contributed by atoms with E-state index in [4.69, 9.17) is 10.1 Å². The zero-order valence-electron chi connectivity index (χ0n) is 14.0. The highest BCUT2D eigenvalue weighted by Crippen LogP contribution is 2.62. The molecule has 0 atom stereocenters. The third kappa shape index (κ3) is 1.97. The van der Waals surface area contributed by atoms with E-state index in [1.807, 2.05) is 17.8 Å². The van der Waals surface area contributed by atoms with Gasteiger partial charge in [-0.15, -0.1) is 16.4 Å². The predicted molar refractivity (Wildman–Crippen MR) is 99.5 cm³/mol. The van der Waals surface area contributed by atoms with E-state index in [0.717, 1.165) is 39.3 Å². The second kappa shape index (κ2) is 5.11. The average Bonchev–Trinajstić information content (AvgIpc) is 3.33. The van der Waals surface area contributed by atoms with E-state index in [0.29, 0.717) is 0 Å². The Kier molecular flexibility index (Phi) is 2.82. The Balaban J connectivity index is 1.44. The molecule has 0 saturated heterocycles. The normalized spacial score (nSPS) is 23.5. The van der Waals surface area contributed by atoms with Crippen molar-refractivity contribution < 1.29 is 0 Å². The topological polar surface area (TPSA) is 72.3 Å². The zero-order valence-corrected chi connectivity index (χ0v) is 14.8. The zero-order chi connectivity index (χ0) is 17.1. The van der Waals surface area contributed by atoms with Crippen molar-refractivity contribution in [3.05, 3.63) is 48.2 Å². The van der Waals surface area contributed by atoms with Crippen molar-refractivity contribution in [2.75, 3.05) is 0 Å². The van der Waals surface area contributed by atoms with Gasteiger partial charge in [-0.2, -0.15) is 5.10 Å². The minimum atomic E-state index is 0.186. The Morgan fingerprint density at radius 1 is 1.08 bits per heavy atom. The number of hydrogen-bond acceptors (Lipinski definition) is 5. The van der Waals surface area contributed by atoms with Crippen molar-refractivity contribution in [2.45, 2.75) is 24.8 Å². The van der Waals surface area contributed by atoms with E-state index in [-0.39, 0.29) is 5.54 Å². The van der Waals surface area contributed by atoms with E-state index in [9.17, 15) is 0 Å². The van der Waals surface area contributed by atoms with Gasteiger partial charge in [-0.1, -0.05) is 24.3 Å². The molecule has 7 rings (SSSR count). The molecular weight excluding hydrogens is 344 g/mol. The smallest absolute Gasteiger partial charge is 0.210 e. The first-order valence-electron chi connectivity index (χ1n) is 8.78. The summed E-state index contributed by atoms with van der Waals surface area (Å²) in [4.78, 5) is 9.26. The largest absolute Gasteiger partial charge is 0.285 e. The maximum Gasteiger partial charge on any atom is 0.210 e. The Morgan fingerprint density at radius 3 is 2.50 bits per heavy atom. The Bertz CT molecular complexity index is 1050. The second-order valence-corrected chi connectivity index (χ2v) is 8.17. The van der Waals surface area contributed by atoms with Crippen molar-refractivity contribution in [1.82, 2.24) is 29.9 Å². The average molecular weight is 360 g/mol. The Morgan fingerprint density at radius 2 is 1.88 bits per heavy atom. The van der Waals surface area contributed by atoms with Crippen LogP contribution in [0, 0.1) is 5.92 Å². The molecule has 6 nitrogen and oxygen atoms in total. The molecule has 3 aliphatic carbocycles. The quantitative estimate of drug-likeness (QED) is 0.598. The predicted octanol–water partition coefficient (Wildman–Crippen LogP) is 3.97. The number of aromatic nitrogens is 6. The van der Waals surface area contributed by atoms with Crippen LogP contribution in [0.3, 0.4) is 0 Å². The fourth-order valence-corrected chi connectivity index (χ4v) is 4.73. The van der Waals surface area contributed by atoms with E-state index in [2.05, 4.69) is 44.1 Å². The molecular formula is C19H16N6S. The van der Waals surface area contributed by atoms with Crippen LogP contribution in [0.4, 0.5) is 0 Å². The van der Waals surface area contributed by atoms with Gasteiger partial charge in [-0.3, -0.25) is 5.10 Å². The molecule has 3 aliphatic rings. The van der Waals surface area contributed by atoms with Crippen LogP contribution >= 0.6 is 11.3 Å². The van der Waals surface area contributed by atoms with Crippen LogP contribution in [-0.4, -0.2) is 29.9 Å². The van der Waals surface area contributed by atoms with Crippen LogP contribution in [0.5, 0.6) is 0 Å². The Hall–Kier alpha value is -2.80. The lowest BCUT2D eigenvalue weighted by molar-refractivity contribution is -0.0965. The summed E-state index contributed by atoms with van der Waals surface area (Å²) in [5, 5.41) is 14.6. The molecule has 4 aromatic rings. The molecule has 128 valence electrons. The van der Waals surface area contributed by atoms with Crippen molar-refractivity contribution in [1.29, 1.82) is 0 Å². The van der Waals surface area contributed by atoms with Crippen LogP contribution < -0.4 is 0 Å². The summed E-state index contributed by atoms with van der Waals surface area (Å²) >= 11 is 1.58. The van der Waals surface area contributed by atoms with Gasteiger partial charge in [0.1, 0.15) is 0 Å².